The van der Waals surface area contributed by atoms with Crippen molar-refractivity contribution >= 4 is 17.5 Å². The number of carbonyl (C=O) groups is 1. The van der Waals surface area contributed by atoms with Crippen LogP contribution in [0.25, 0.3) is 0 Å². The molecule has 0 unspecified atom stereocenters. The molecule has 1 aliphatic heterocycles. The summed E-state index contributed by atoms with van der Waals surface area (Å²) in [6.07, 6.45) is 2.25. The predicted octanol–water partition coefficient (Wildman–Crippen LogP) is 2.58. The van der Waals surface area contributed by atoms with E-state index in [0.29, 0.717) is 5.02 Å². The molecule has 2 nitrogen and oxygen atoms in total. The molecule has 0 aliphatic carbocycles. The van der Waals surface area contributed by atoms with Crippen LogP contribution in [0.15, 0.2) is 24.3 Å². The van der Waals surface area contributed by atoms with Crippen molar-refractivity contribution in [3.8, 4) is 0 Å². The maximum atomic E-state index is 11.8. The number of hydrogen-bond acceptors (Lipinski definition) is 1. The molecule has 14 heavy (non-hydrogen) atoms. The number of benzene rings is 1. The lowest BCUT2D eigenvalue weighted by atomic mass is 9.87. The van der Waals surface area contributed by atoms with E-state index < -0.39 is 0 Å². The van der Waals surface area contributed by atoms with Gasteiger partial charge in [0.25, 0.3) is 5.91 Å². The fourth-order valence-corrected chi connectivity index (χ4v) is 1.82. The molecule has 0 saturated carbocycles. The first-order valence-electron chi connectivity index (χ1n) is 4.82. The second-order valence-electron chi connectivity index (χ2n) is 3.51. The van der Waals surface area contributed by atoms with Gasteiger partial charge in [-0.3, -0.25) is 4.79 Å². The third kappa shape index (κ3) is 1.90. The number of hydrogen-bond donors (Lipinski definition) is 0. The quantitative estimate of drug-likeness (QED) is 0.695. The minimum Gasteiger partial charge on any atom is -0.339 e. The third-order valence-corrected chi connectivity index (χ3v) is 2.74. The molecule has 1 aromatic carbocycles. The number of halogens is 1. The molecule has 1 saturated heterocycles. The smallest absolute Gasteiger partial charge is 0.253 e. The molecule has 0 bridgehead atoms. The van der Waals surface area contributed by atoms with Crippen molar-refractivity contribution < 1.29 is 4.79 Å². The molecule has 1 aliphatic rings. The summed E-state index contributed by atoms with van der Waals surface area (Å²) in [7, 11) is 0. The molecule has 0 spiro atoms. The average Bonchev–Trinajstić information content (AvgIpc) is 2.71. The molecule has 0 radical (unpaired) electrons. The molecule has 74 valence electrons. The summed E-state index contributed by atoms with van der Waals surface area (Å²) >= 11 is 5.75. The van der Waals surface area contributed by atoms with E-state index in [1.807, 2.05) is 4.90 Å². The second-order valence-corrected chi connectivity index (χ2v) is 3.94. The standard InChI is InChI=1S/C11H12ClNO/c12-10-5-3-9(4-6-10)11(14)13-7-1-2-8-13/h3-6H,1-2,7-8H2/i11-1. The van der Waals surface area contributed by atoms with Crippen LogP contribution in [0.2, 0.25) is 5.02 Å². The van der Waals surface area contributed by atoms with Crippen LogP contribution >= 0.6 is 11.6 Å². The van der Waals surface area contributed by atoms with Crippen LogP contribution in [0.1, 0.15) is 23.2 Å². The third-order valence-electron chi connectivity index (χ3n) is 2.48. The van der Waals surface area contributed by atoms with Crippen LogP contribution in [-0.2, 0) is 0 Å². The van der Waals surface area contributed by atoms with Gasteiger partial charge in [-0.2, -0.15) is 0 Å². The Hall–Kier alpha value is -1.02. The van der Waals surface area contributed by atoms with Crippen LogP contribution in [0.3, 0.4) is 0 Å². The lowest BCUT2D eigenvalue weighted by Crippen LogP contribution is -2.27. The predicted molar refractivity (Wildman–Crippen MR) is 56.6 cm³/mol. The zero-order valence-electron chi connectivity index (χ0n) is 7.87. The van der Waals surface area contributed by atoms with Crippen LogP contribution in [0.5, 0.6) is 0 Å². The zero-order chi connectivity index (χ0) is 9.97. The Morgan fingerprint density at radius 2 is 1.71 bits per heavy atom. The zero-order valence-corrected chi connectivity index (χ0v) is 8.63. The van der Waals surface area contributed by atoms with E-state index in [0.717, 1.165) is 31.5 Å². The van der Waals surface area contributed by atoms with Crippen molar-refractivity contribution in [2.75, 3.05) is 13.1 Å². The maximum absolute atomic E-state index is 11.8. The van der Waals surface area contributed by atoms with Crippen molar-refractivity contribution in [3.05, 3.63) is 34.9 Å². The molecule has 1 amide bonds. The summed E-state index contributed by atoms with van der Waals surface area (Å²) < 4.78 is 0. The first-order valence-corrected chi connectivity index (χ1v) is 5.20. The van der Waals surface area contributed by atoms with E-state index in [-0.39, 0.29) is 5.91 Å². The fourth-order valence-electron chi connectivity index (χ4n) is 1.70. The Kier molecular flexibility index (Phi) is 2.73. The first-order chi connectivity index (χ1) is 6.77. The monoisotopic (exact) mass is 208 g/mol. The largest absolute Gasteiger partial charge is 0.339 e. The van der Waals surface area contributed by atoms with E-state index in [2.05, 4.69) is 0 Å². The van der Waals surface area contributed by atoms with Crippen molar-refractivity contribution in [2.24, 2.45) is 0 Å². The van der Waals surface area contributed by atoms with Gasteiger partial charge in [0, 0.05) is 23.7 Å². The highest BCUT2D eigenvalue weighted by Gasteiger charge is 2.18. The Balaban J connectivity index is 2.14. The minimum atomic E-state index is 0.124. The summed E-state index contributed by atoms with van der Waals surface area (Å²) in [6.45, 7) is 1.78. The molecule has 0 N–H and O–H groups in total. The second kappa shape index (κ2) is 4.01. The molecule has 2 rings (SSSR count). The van der Waals surface area contributed by atoms with E-state index in [4.69, 9.17) is 11.6 Å². The van der Waals surface area contributed by atoms with Gasteiger partial charge in [-0.05, 0) is 37.1 Å². The molecule has 0 atom stereocenters. The molecule has 1 heterocycles. The van der Waals surface area contributed by atoms with Crippen LogP contribution in [0.4, 0.5) is 0 Å². The summed E-state index contributed by atoms with van der Waals surface area (Å²) in [5.41, 5.74) is 0.733. The Bertz CT molecular complexity index is 328. The Morgan fingerprint density at radius 3 is 2.29 bits per heavy atom. The number of carbonyl (C=O) groups excluding carboxylic acids is 1. The van der Waals surface area contributed by atoms with Crippen molar-refractivity contribution in [1.29, 1.82) is 0 Å². The van der Waals surface area contributed by atoms with Gasteiger partial charge >= 0.3 is 0 Å². The van der Waals surface area contributed by atoms with Gasteiger partial charge in [-0.25, -0.2) is 0 Å². The van der Waals surface area contributed by atoms with E-state index in [1.54, 1.807) is 24.3 Å². The van der Waals surface area contributed by atoms with Gasteiger partial charge in [0.05, 0.1) is 0 Å². The van der Waals surface area contributed by atoms with E-state index >= 15 is 0 Å². The summed E-state index contributed by atoms with van der Waals surface area (Å²) in [4.78, 5) is 13.7. The highest BCUT2D eigenvalue weighted by molar-refractivity contribution is 6.30. The normalized spacial score (nSPS) is 15.9. The van der Waals surface area contributed by atoms with Gasteiger partial charge in [0.15, 0.2) is 0 Å². The van der Waals surface area contributed by atoms with Gasteiger partial charge in [0.1, 0.15) is 0 Å². The Labute approximate surface area is 88.5 Å². The highest BCUT2D eigenvalue weighted by atomic mass is 35.5. The van der Waals surface area contributed by atoms with Crippen LogP contribution in [-0.4, -0.2) is 23.9 Å². The van der Waals surface area contributed by atoms with E-state index in [9.17, 15) is 4.79 Å². The summed E-state index contributed by atoms with van der Waals surface area (Å²) in [5, 5.41) is 0.669. The number of rotatable bonds is 1. The van der Waals surface area contributed by atoms with Gasteiger partial charge in [-0.15, -0.1) is 0 Å². The molecule has 3 heteroatoms. The fraction of sp³-hybridized carbons (Fsp3) is 0.364. The summed E-state index contributed by atoms with van der Waals surface area (Å²) in [6, 6.07) is 7.07. The van der Waals surface area contributed by atoms with Crippen LogP contribution in [0, 0.1) is 0 Å². The van der Waals surface area contributed by atoms with Gasteiger partial charge in [0.2, 0.25) is 0 Å². The van der Waals surface area contributed by atoms with Crippen molar-refractivity contribution in [3.63, 3.8) is 0 Å². The minimum absolute atomic E-state index is 0.124. The van der Waals surface area contributed by atoms with Gasteiger partial charge < -0.3 is 4.90 Å². The lowest BCUT2D eigenvalue weighted by Gasteiger charge is -2.14. The molecule has 1 aromatic rings. The lowest BCUT2D eigenvalue weighted by molar-refractivity contribution is 0.0793. The first kappa shape index (κ1) is 9.53. The van der Waals surface area contributed by atoms with Crippen molar-refractivity contribution in [1.82, 2.24) is 4.90 Å². The number of nitrogens with zero attached hydrogens (tertiary/aromatic N) is 1. The highest BCUT2D eigenvalue weighted by Crippen LogP contribution is 2.15. The molecular weight excluding hydrogens is 197 g/mol. The molecular formula is C11H12ClNO. The molecule has 1 fully saturated rings. The Morgan fingerprint density at radius 1 is 1.14 bits per heavy atom. The van der Waals surface area contributed by atoms with Crippen LogP contribution < -0.4 is 0 Å². The molecule has 0 aromatic heterocycles. The maximum Gasteiger partial charge on any atom is 0.253 e. The van der Waals surface area contributed by atoms with Gasteiger partial charge in [-0.1, -0.05) is 11.6 Å². The SMILES string of the molecule is O=[11C](c1ccc(Cl)cc1)N1CCCC1. The van der Waals surface area contributed by atoms with E-state index in [1.165, 1.54) is 0 Å². The number of amides is 1. The summed E-state index contributed by atoms with van der Waals surface area (Å²) in [5.74, 6) is 0.124. The topological polar surface area (TPSA) is 20.3 Å². The number of likely N-dealkylation sites (tertiary alicyclic amines) is 1. The average molecular weight is 209 g/mol. The van der Waals surface area contributed by atoms with Crippen molar-refractivity contribution in [2.45, 2.75) is 12.8 Å².